The molecule has 0 fully saturated rings. The zero-order valence-corrected chi connectivity index (χ0v) is 10.8. The molecular formula is C14H13N3O3. The van der Waals surface area contributed by atoms with Crippen molar-refractivity contribution in [3.63, 3.8) is 0 Å². The monoisotopic (exact) mass is 271 g/mol. The largest absolute Gasteiger partial charge is 0.477 e. The van der Waals surface area contributed by atoms with Crippen molar-refractivity contribution in [3.8, 4) is 0 Å². The van der Waals surface area contributed by atoms with Crippen molar-refractivity contribution in [1.82, 2.24) is 15.3 Å². The van der Waals surface area contributed by atoms with Crippen LogP contribution in [0.4, 0.5) is 0 Å². The van der Waals surface area contributed by atoms with Crippen LogP contribution in [0.25, 0.3) is 0 Å². The molecular weight excluding hydrogens is 258 g/mol. The molecule has 0 aliphatic carbocycles. The fourth-order valence-corrected chi connectivity index (χ4v) is 1.64. The number of carbonyl (C=O) groups excluding carboxylic acids is 1. The van der Waals surface area contributed by atoms with Crippen molar-refractivity contribution in [3.05, 3.63) is 59.7 Å². The molecule has 0 radical (unpaired) electrons. The van der Waals surface area contributed by atoms with Gasteiger partial charge in [-0.2, -0.15) is 0 Å². The van der Waals surface area contributed by atoms with Crippen LogP contribution < -0.4 is 5.32 Å². The summed E-state index contributed by atoms with van der Waals surface area (Å²) >= 11 is 0. The van der Waals surface area contributed by atoms with Gasteiger partial charge in [0.1, 0.15) is 5.69 Å². The summed E-state index contributed by atoms with van der Waals surface area (Å²) in [6, 6.07) is 7.93. The highest BCUT2D eigenvalue weighted by Gasteiger charge is 2.13. The van der Waals surface area contributed by atoms with Gasteiger partial charge in [-0.3, -0.25) is 9.78 Å². The lowest BCUT2D eigenvalue weighted by molar-refractivity contribution is 0.0689. The van der Waals surface area contributed by atoms with E-state index in [0.717, 1.165) is 5.69 Å². The molecule has 1 atom stereocenters. The third kappa shape index (κ3) is 3.17. The number of pyridine rings is 2. The number of amides is 1. The van der Waals surface area contributed by atoms with E-state index in [1.165, 1.54) is 18.3 Å². The molecule has 2 heterocycles. The summed E-state index contributed by atoms with van der Waals surface area (Å²) in [4.78, 5) is 30.5. The van der Waals surface area contributed by atoms with Crippen LogP contribution in [0.3, 0.4) is 0 Å². The van der Waals surface area contributed by atoms with Gasteiger partial charge in [0.2, 0.25) is 0 Å². The summed E-state index contributed by atoms with van der Waals surface area (Å²) < 4.78 is 0. The molecule has 20 heavy (non-hydrogen) atoms. The number of aromatic nitrogens is 2. The minimum Gasteiger partial charge on any atom is -0.477 e. The molecule has 6 heteroatoms. The van der Waals surface area contributed by atoms with Crippen LogP contribution in [0.2, 0.25) is 0 Å². The molecule has 0 saturated carbocycles. The quantitative estimate of drug-likeness (QED) is 0.882. The molecule has 0 bridgehead atoms. The Balaban J connectivity index is 2.06. The molecule has 0 aliphatic heterocycles. The van der Waals surface area contributed by atoms with Gasteiger partial charge in [-0.05, 0) is 31.2 Å². The van der Waals surface area contributed by atoms with Crippen molar-refractivity contribution >= 4 is 11.9 Å². The van der Waals surface area contributed by atoms with E-state index in [0.29, 0.717) is 5.56 Å². The number of hydrogen-bond acceptors (Lipinski definition) is 4. The fraction of sp³-hybridized carbons (Fsp3) is 0.143. The van der Waals surface area contributed by atoms with E-state index in [1.54, 1.807) is 12.3 Å². The maximum atomic E-state index is 12.0. The normalized spacial score (nSPS) is 11.7. The molecule has 2 N–H and O–H groups in total. The zero-order chi connectivity index (χ0) is 14.5. The zero-order valence-electron chi connectivity index (χ0n) is 10.8. The Hall–Kier alpha value is -2.76. The van der Waals surface area contributed by atoms with Crippen LogP contribution in [-0.2, 0) is 0 Å². The van der Waals surface area contributed by atoms with Gasteiger partial charge in [0.15, 0.2) is 0 Å². The lowest BCUT2D eigenvalue weighted by Crippen LogP contribution is -2.27. The average Bonchev–Trinajstić information content (AvgIpc) is 2.48. The topological polar surface area (TPSA) is 92.2 Å². The van der Waals surface area contributed by atoms with Gasteiger partial charge in [0, 0.05) is 12.4 Å². The highest BCUT2D eigenvalue weighted by atomic mass is 16.4. The Bertz CT molecular complexity index is 611. The maximum absolute atomic E-state index is 12.0. The van der Waals surface area contributed by atoms with Crippen LogP contribution in [0.1, 0.15) is 39.5 Å². The van der Waals surface area contributed by atoms with Gasteiger partial charge in [-0.25, -0.2) is 9.78 Å². The van der Waals surface area contributed by atoms with Crippen molar-refractivity contribution in [2.45, 2.75) is 13.0 Å². The first-order valence-corrected chi connectivity index (χ1v) is 5.99. The average molecular weight is 271 g/mol. The standard InChI is InChI=1S/C14H13N3O3/c1-9(11-4-2-3-7-15-11)17-13(18)10-5-6-12(14(19)20)16-8-10/h2-9H,1H3,(H,17,18)(H,19,20). The molecule has 1 amide bonds. The minimum atomic E-state index is -1.13. The minimum absolute atomic E-state index is 0.0978. The van der Waals surface area contributed by atoms with Crippen molar-refractivity contribution in [2.75, 3.05) is 0 Å². The number of carboxylic acids is 1. The van der Waals surface area contributed by atoms with E-state index in [9.17, 15) is 9.59 Å². The van der Waals surface area contributed by atoms with Gasteiger partial charge in [-0.15, -0.1) is 0 Å². The summed E-state index contributed by atoms with van der Waals surface area (Å²) in [5, 5.41) is 11.5. The maximum Gasteiger partial charge on any atom is 0.354 e. The van der Waals surface area contributed by atoms with Crippen LogP contribution in [0, 0.1) is 0 Å². The van der Waals surface area contributed by atoms with E-state index in [4.69, 9.17) is 5.11 Å². The lowest BCUT2D eigenvalue weighted by Gasteiger charge is -2.13. The molecule has 1 unspecified atom stereocenters. The first-order valence-electron chi connectivity index (χ1n) is 5.99. The summed E-state index contributed by atoms with van der Waals surface area (Å²) in [5.41, 5.74) is 0.952. The van der Waals surface area contributed by atoms with E-state index >= 15 is 0 Å². The predicted octanol–water partition coefficient (Wildman–Crippen LogP) is 1.67. The SMILES string of the molecule is CC(NC(=O)c1ccc(C(=O)O)nc1)c1ccccn1. The molecule has 2 aromatic rings. The highest BCUT2D eigenvalue weighted by Crippen LogP contribution is 2.09. The van der Waals surface area contributed by atoms with Crippen LogP contribution in [0.15, 0.2) is 42.7 Å². The smallest absolute Gasteiger partial charge is 0.354 e. The van der Waals surface area contributed by atoms with Gasteiger partial charge in [0.25, 0.3) is 5.91 Å². The Kier molecular flexibility index (Phi) is 4.05. The van der Waals surface area contributed by atoms with Crippen molar-refractivity contribution in [1.29, 1.82) is 0 Å². The Labute approximate surface area is 115 Å². The van der Waals surface area contributed by atoms with E-state index < -0.39 is 5.97 Å². The Morgan fingerprint density at radius 1 is 1.20 bits per heavy atom. The van der Waals surface area contributed by atoms with Gasteiger partial charge in [0.05, 0.1) is 17.3 Å². The van der Waals surface area contributed by atoms with E-state index in [-0.39, 0.29) is 17.6 Å². The summed E-state index contributed by atoms with van der Waals surface area (Å²) in [7, 11) is 0. The third-order valence-electron chi connectivity index (χ3n) is 2.72. The number of carbonyl (C=O) groups is 2. The summed E-state index contributed by atoms with van der Waals surface area (Å²) in [6.07, 6.45) is 2.89. The Morgan fingerprint density at radius 3 is 2.55 bits per heavy atom. The molecule has 2 aromatic heterocycles. The van der Waals surface area contributed by atoms with Crippen LogP contribution in [-0.4, -0.2) is 27.0 Å². The van der Waals surface area contributed by atoms with E-state index in [1.807, 2.05) is 19.1 Å². The van der Waals surface area contributed by atoms with E-state index in [2.05, 4.69) is 15.3 Å². The molecule has 6 nitrogen and oxygen atoms in total. The van der Waals surface area contributed by atoms with Gasteiger partial charge in [-0.1, -0.05) is 6.07 Å². The summed E-state index contributed by atoms with van der Waals surface area (Å²) in [5.74, 6) is -1.45. The predicted molar refractivity (Wildman–Crippen MR) is 71.3 cm³/mol. The van der Waals surface area contributed by atoms with Crippen LogP contribution in [0.5, 0.6) is 0 Å². The molecule has 102 valence electrons. The molecule has 0 saturated heterocycles. The molecule has 0 aromatic carbocycles. The van der Waals surface area contributed by atoms with Crippen LogP contribution >= 0.6 is 0 Å². The molecule has 0 spiro atoms. The number of rotatable bonds is 4. The number of hydrogen-bond donors (Lipinski definition) is 2. The molecule has 2 rings (SSSR count). The first-order chi connectivity index (χ1) is 9.58. The second kappa shape index (κ2) is 5.92. The van der Waals surface area contributed by atoms with Gasteiger partial charge >= 0.3 is 5.97 Å². The highest BCUT2D eigenvalue weighted by molar-refractivity contribution is 5.95. The molecule has 0 aliphatic rings. The van der Waals surface area contributed by atoms with Crippen molar-refractivity contribution in [2.24, 2.45) is 0 Å². The second-order valence-corrected chi connectivity index (χ2v) is 4.19. The number of aromatic carboxylic acids is 1. The second-order valence-electron chi connectivity index (χ2n) is 4.19. The Morgan fingerprint density at radius 2 is 2.00 bits per heavy atom. The van der Waals surface area contributed by atoms with Crippen molar-refractivity contribution < 1.29 is 14.7 Å². The number of nitrogens with one attached hydrogen (secondary N) is 1. The summed E-state index contributed by atoms with van der Waals surface area (Å²) in [6.45, 7) is 1.82. The number of nitrogens with zero attached hydrogens (tertiary/aromatic N) is 2. The van der Waals surface area contributed by atoms with Gasteiger partial charge < -0.3 is 10.4 Å². The lowest BCUT2D eigenvalue weighted by atomic mass is 10.2. The third-order valence-corrected chi connectivity index (χ3v) is 2.72. The number of carboxylic acid groups (broad SMARTS) is 1. The first kappa shape index (κ1) is 13.7. The fourth-order valence-electron chi connectivity index (χ4n) is 1.64.